The minimum Gasteiger partial charge on any atom is -0.478 e. The molecule has 0 bridgehead atoms. The highest BCUT2D eigenvalue weighted by Crippen LogP contribution is 2.06. The van der Waals surface area contributed by atoms with Crippen LogP contribution in [-0.2, 0) is 11.3 Å². The van der Waals surface area contributed by atoms with Gasteiger partial charge in [-0.05, 0) is 23.6 Å². The molecule has 0 saturated heterocycles. The van der Waals surface area contributed by atoms with E-state index in [1.807, 2.05) is 19.1 Å². The van der Waals surface area contributed by atoms with Gasteiger partial charge in [-0.25, -0.2) is 9.59 Å². The lowest BCUT2D eigenvalue weighted by Crippen LogP contribution is -2.35. The monoisotopic (exact) mass is 262 g/mol. The molecule has 0 aliphatic rings. The molecule has 0 aliphatic heterocycles. The summed E-state index contributed by atoms with van der Waals surface area (Å²) in [5, 5.41) is 14.0. The molecule has 0 atom stereocenters. The van der Waals surface area contributed by atoms with Crippen molar-refractivity contribution in [3.05, 3.63) is 41.5 Å². The Hall–Kier alpha value is -2.30. The second-order valence-electron chi connectivity index (χ2n) is 4.02. The van der Waals surface area contributed by atoms with E-state index in [9.17, 15) is 9.59 Å². The zero-order valence-corrected chi connectivity index (χ0v) is 10.8. The molecule has 102 valence electrons. The summed E-state index contributed by atoms with van der Waals surface area (Å²) in [6.07, 6.45) is 3.51. The Kier molecular flexibility index (Phi) is 6.15. The topological polar surface area (TPSA) is 78.4 Å². The van der Waals surface area contributed by atoms with Crippen LogP contribution in [0.3, 0.4) is 0 Å². The van der Waals surface area contributed by atoms with E-state index in [4.69, 9.17) is 5.11 Å². The molecule has 0 unspecified atom stereocenters. The Bertz CT molecular complexity index is 452. The maximum atomic E-state index is 11.3. The van der Waals surface area contributed by atoms with Crippen molar-refractivity contribution in [3.8, 4) is 0 Å². The van der Waals surface area contributed by atoms with Crippen molar-refractivity contribution >= 4 is 18.1 Å². The van der Waals surface area contributed by atoms with Crippen LogP contribution in [0.1, 0.15) is 24.5 Å². The first kappa shape index (κ1) is 14.8. The lowest BCUT2D eigenvalue weighted by Gasteiger charge is -2.06. The number of aliphatic carboxylic acids is 1. The summed E-state index contributed by atoms with van der Waals surface area (Å²) in [5.74, 6) is -0.974. The van der Waals surface area contributed by atoms with Gasteiger partial charge in [-0.3, -0.25) is 0 Å². The molecule has 0 saturated carbocycles. The fraction of sp³-hybridized carbons (Fsp3) is 0.286. The molecule has 1 rings (SSSR count). The van der Waals surface area contributed by atoms with Gasteiger partial charge in [0.05, 0.1) is 0 Å². The van der Waals surface area contributed by atoms with Crippen LogP contribution in [0, 0.1) is 0 Å². The summed E-state index contributed by atoms with van der Waals surface area (Å²) in [7, 11) is 0. The maximum absolute atomic E-state index is 11.3. The number of carboxylic acids is 1. The first-order chi connectivity index (χ1) is 9.11. The standard InChI is InChI=1S/C14H18N2O3/c1-2-9-15-14(19)16-10-12-5-3-11(4-6-12)7-8-13(17)18/h3-8H,2,9-10H2,1H3,(H,17,18)(H2,15,16,19). The zero-order valence-electron chi connectivity index (χ0n) is 10.8. The normalized spacial score (nSPS) is 10.4. The molecular weight excluding hydrogens is 244 g/mol. The van der Waals surface area contributed by atoms with E-state index in [0.29, 0.717) is 13.1 Å². The smallest absolute Gasteiger partial charge is 0.328 e. The summed E-state index contributed by atoms with van der Waals surface area (Å²) >= 11 is 0. The van der Waals surface area contributed by atoms with Crippen molar-refractivity contribution in [1.82, 2.24) is 10.6 Å². The van der Waals surface area contributed by atoms with Crippen LogP contribution in [0.25, 0.3) is 6.08 Å². The molecule has 2 amide bonds. The van der Waals surface area contributed by atoms with Gasteiger partial charge in [-0.1, -0.05) is 31.2 Å². The molecule has 1 aromatic carbocycles. The molecule has 0 radical (unpaired) electrons. The molecule has 0 spiro atoms. The van der Waals surface area contributed by atoms with Crippen LogP contribution >= 0.6 is 0 Å². The third kappa shape index (κ3) is 6.26. The van der Waals surface area contributed by atoms with E-state index in [2.05, 4.69) is 10.6 Å². The molecule has 0 aromatic heterocycles. The minimum atomic E-state index is -0.974. The highest BCUT2D eigenvalue weighted by molar-refractivity contribution is 5.85. The van der Waals surface area contributed by atoms with E-state index < -0.39 is 5.97 Å². The van der Waals surface area contributed by atoms with Gasteiger partial charge in [0, 0.05) is 19.2 Å². The summed E-state index contributed by atoms with van der Waals surface area (Å²) in [4.78, 5) is 21.7. The van der Waals surface area contributed by atoms with Gasteiger partial charge >= 0.3 is 12.0 Å². The van der Waals surface area contributed by atoms with Crippen LogP contribution < -0.4 is 10.6 Å². The number of carbonyl (C=O) groups excluding carboxylic acids is 1. The lowest BCUT2D eigenvalue weighted by molar-refractivity contribution is -0.131. The molecule has 0 fully saturated rings. The SMILES string of the molecule is CCCNC(=O)NCc1ccc(C=CC(=O)O)cc1. The quantitative estimate of drug-likeness (QED) is 0.686. The average Bonchev–Trinajstić information content (AvgIpc) is 2.41. The number of carbonyl (C=O) groups is 2. The Labute approximate surface area is 112 Å². The van der Waals surface area contributed by atoms with Crippen molar-refractivity contribution in [2.75, 3.05) is 6.54 Å². The molecule has 1 aromatic rings. The number of amides is 2. The number of rotatable bonds is 6. The Morgan fingerprint density at radius 1 is 1.21 bits per heavy atom. The molecule has 5 nitrogen and oxygen atoms in total. The Morgan fingerprint density at radius 2 is 1.89 bits per heavy atom. The predicted octanol–water partition coefficient (Wildman–Crippen LogP) is 1.99. The number of carboxylic acid groups (broad SMARTS) is 1. The second-order valence-corrected chi connectivity index (χ2v) is 4.02. The molecule has 3 N–H and O–H groups in total. The molecule has 5 heteroatoms. The Balaban J connectivity index is 2.44. The largest absolute Gasteiger partial charge is 0.478 e. The van der Waals surface area contributed by atoms with Crippen LogP contribution in [0.5, 0.6) is 0 Å². The van der Waals surface area contributed by atoms with E-state index in [1.54, 1.807) is 12.1 Å². The summed E-state index contributed by atoms with van der Waals surface area (Å²) in [6.45, 7) is 3.09. The van der Waals surface area contributed by atoms with Crippen LogP contribution in [0.4, 0.5) is 4.79 Å². The van der Waals surface area contributed by atoms with Gasteiger partial charge in [0.2, 0.25) is 0 Å². The Morgan fingerprint density at radius 3 is 2.47 bits per heavy atom. The molecule has 19 heavy (non-hydrogen) atoms. The first-order valence-corrected chi connectivity index (χ1v) is 6.13. The lowest BCUT2D eigenvalue weighted by atomic mass is 10.1. The van der Waals surface area contributed by atoms with Gasteiger partial charge in [-0.15, -0.1) is 0 Å². The second kappa shape index (κ2) is 7.92. The fourth-order valence-electron chi connectivity index (χ4n) is 1.40. The minimum absolute atomic E-state index is 0.184. The van der Waals surface area contributed by atoms with Gasteiger partial charge in [0.1, 0.15) is 0 Å². The third-order valence-corrected chi connectivity index (χ3v) is 2.39. The number of benzene rings is 1. The van der Waals surface area contributed by atoms with E-state index >= 15 is 0 Å². The predicted molar refractivity (Wildman–Crippen MR) is 73.6 cm³/mol. The van der Waals surface area contributed by atoms with Crippen molar-refractivity contribution in [2.24, 2.45) is 0 Å². The van der Waals surface area contributed by atoms with E-state index in [1.165, 1.54) is 6.08 Å². The summed E-state index contributed by atoms with van der Waals surface area (Å²) in [6, 6.07) is 7.13. The number of hydrogen-bond donors (Lipinski definition) is 3. The highest BCUT2D eigenvalue weighted by atomic mass is 16.4. The van der Waals surface area contributed by atoms with Crippen molar-refractivity contribution in [3.63, 3.8) is 0 Å². The number of urea groups is 1. The van der Waals surface area contributed by atoms with Crippen molar-refractivity contribution in [1.29, 1.82) is 0 Å². The number of nitrogens with one attached hydrogen (secondary N) is 2. The van der Waals surface area contributed by atoms with Gasteiger partial charge in [-0.2, -0.15) is 0 Å². The summed E-state index contributed by atoms with van der Waals surface area (Å²) < 4.78 is 0. The average molecular weight is 262 g/mol. The molecule has 0 aliphatic carbocycles. The molecule has 0 heterocycles. The molecular formula is C14H18N2O3. The summed E-state index contributed by atoms with van der Waals surface area (Å²) in [5.41, 5.74) is 1.76. The van der Waals surface area contributed by atoms with Gasteiger partial charge in [0.15, 0.2) is 0 Å². The van der Waals surface area contributed by atoms with Gasteiger partial charge in [0.25, 0.3) is 0 Å². The first-order valence-electron chi connectivity index (χ1n) is 6.13. The number of hydrogen-bond acceptors (Lipinski definition) is 2. The highest BCUT2D eigenvalue weighted by Gasteiger charge is 1.99. The van der Waals surface area contributed by atoms with Crippen LogP contribution in [0.2, 0.25) is 0 Å². The van der Waals surface area contributed by atoms with Crippen molar-refractivity contribution < 1.29 is 14.7 Å². The maximum Gasteiger partial charge on any atom is 0.328 e. The van der Waals surface area contributed by atoms with E-state index in [0.717, 1.165) is 23.6 Å². The third-order valence-electron chi connectivity index (χ3n) is 2.39. The van der Waals surface area contributed by atoms with Gasteiger partial charge < -0.3 is 15.7 Å². The fourth-order valence-corrected chi connectivity index (χ4v) is 1.40. The van der Waals surface area contributed by atoms with E-state index in [-0.39, 0.29) is 6.03 Å². The zero-order chi connectivity index (χ0) is 14.1. The van der Waals surface area contributed by atoms with Crippen molar-refractivity contribution in [2.45, 2.75) is 19.9 Å². The van der Waals surface area contributed by atoms with Crippen LogP contribution in [0.15, 0.2) is 30.3 Å². The van der Waals surface area contributed by atoms with Crippen LogP contribution in [-0.4, -0.2) is 23.7 Å².